The lowest BCUT2D eigenvalue weighted by Gasteiger charge is -2.15. The highest BCUT2D eigenvalue weighted by Gasteiger charge is 1.97. The summed E-state index contributed by atoms with van der Waals surface area (Å²) in [5.41, 5.74) is 13.5. The minimum atomic E-state index is 0.358. The van der Waals surface area contributed by atoms with Crippen LogP contribution in [0.2, 0.25) is 0 Å². The molecule has 0 saturated carbocycles. The number of ether oxygens (including phenoxy) is 3. The van der Waals surface area contributed by atoms with Crippen molar-refractivity contribution in [2.24, 2.45) is 10.8 Å². The highest BCUT2D eigenvalue weighted by Crippen LogP contribution is 1.87. The van der Waals surface area contributed by atoms with Crippen molar-refractivity contribution >= 4 is 0 Å². The Balaban J connectivity index is 3.07. The van der Waals surface area contributed by atoms with Crippen molar-refractivity contribution in [3.63, 3.8) is 0 Å². The first-order valence-electron chi connectivity index (χ1n) is 6.94. The number of hydrogen-bond donors (Lipinski definition) is 1. The van der Waals surface area contributed by atoms with Crippen LogP contribution in [0.1, 0.15) is 6.42 Å². The van der Waals surface area contributed by atoms with Gasteiger partial charge in [-0.2, -0.15) is 0 Å². The molecule has 0 aromatic rings. The van der Waals surface area contributed by atoms with E-state index in [1.807, 2.05) is 0 Å². The average molecular weight is 289 g/mol. The van der Waals surface area contributed by atoms with Crippen LogP contribution in [0.15, 0.2) is 5.11 Å². The van der Waals surface area contributed by atoms with Crippen LogP contribution in [0.3, 0.4) is 0 Å². The van der Waals surface area contributed by atoms with Gasteiger partial charge in [0.05, 0.1) is 39.6 Å². The normalized spacial score (nSPS) is 10.8. The van der Waals surface area contributed by atoms with Crippen molar-refractivity contribution in [1.29, 1.82) is 0 Å². The molecule has 0 aliphatic heterocycles. The predicted octanol–water partition coefficient (Wildman–Crippen LogP) is 0.627. The summed E-state index contributed by atoms with van der Waals surface area (Å²) in [6, 6.07) is 0. The fraction of sp³-hybridized carbons (Fsp3) is 1.00. The summed E-state index contributed by atoms with van der Waals surface area (Å²) in [7, 11) is 2.06. The largest absolute Gasteiger partial charge is 0.379 e. The topological polar surface area (TPSA) is 106 Å². The first-order valence-corrected chi connectivity index (χ1v) is 6.94. The summed E-state index contributed by atoms with van der Waals surface area (Å²) in [6.07, 6.45) is 1.01. The second-order valence-corrected chi connectivity index (χ2v) is 4.24. The van der Waals surface area contributed by atoms with Crippen molar-refractivity contribution < 1.29 is 14.2 Å². The van der Waals surface area contributed by atoms with Crippen LogP contribution in [-0.4, -0.2) is 77.8 Å². The third-order valence-electron chi connectivity index (χ3n) is 2.50. The maximum atomic E-state index is 8.04. The molecule has 8 heteroatoms. The van der Waals surface area contributed by atoms with Crippen molar-refractivity contribution in [3.05, 3.63) is 10.4 Å². The molecule has 8 nitrogen and oxygen atoms in total. The molecule has 0 fully saturated rings. The van der Waals surface area contributed by atoms with Crippen molar-refractivity contribution in [3.8, 4) is 0 Å². The van der Waals surface area contributed by atoms with Gasteiger partial charge in [0.25, 0.3) is 0 Å². The number of nitrogens with two attached hydrogens (primary N) is 1. The van der Waals surface area contributed by atoms with Crippen LogP contribution >= 0.6 is 0 Å². The van der Waals surface area contributed by atoms with Crippen molar-refractivity contribution in [2.75, 3.05) is 72.9 Å². The molecule has 0 spiro atoms. The van der Waals surface area contributed by atoms with Gasteiger partial charge in [0.2, 0.25) is 0 Å². The Morgan fingerprint density at radius 1 is 1.00 bits per heavy atom. The molecule has 0 heterocycles. The first-order chi connectivity index (χ1) is 9.81. The molecule has 20 heavy (non-hydrogen) atoms. The van der Waals surface area contributed by atoms with Gasteiger partial charge in [0.1, 0.15) is 0 Å². The molecular weight excluding hydrogens is 262 g/mol. The van der Waals surface area contributed by atoms with Gasteiger partial charge in [-0.15, -0.1) is 0 Å². The second-order valence-electron chi connectivity index (χ2n) is 4.24. The average Bonchev–Trinajstić information content (AvgIpc) is 2.46. The predicted molar refractivity (Wildman–Crippen MR) is 77.6 cm³/mol. The maximum Gasteiger partial charge on any atom is 0.0701 e. The molecule has 0 radical (unpaired) electrons. The van der Waals surface area contributed by atoms with E-state index in [0.29, 0.717) is 46.2 Å². The van der Waals surface area contributed by atoms with Gasteiger partial charge in [0, 0.05) is 18.0 Å². The molecule has 0 unspecified atom stereocenters. The third kappa shape index (κ3) is 15.2. The molecule has 0 bridgehead atoms. The Bertz CT molecular complexity index is 249. The molecular formula is C12H27N5O3. The Morgan fingerprint density at radius 3 is 2.20 bits per heavy atom. The van der Waals surface area contributed by atoms with E-state index in [1.165, 1.54) is 0 Å². The molecule has 0 saturated heterocycles. The number of rotatable bonds is 15. The molecule has 0 aliphatic carbocycles. The zero-order valence-electron chi connectivity index (χ0n) is 12.4. The smallest absolute Gasteiger partial charge is 0.0701 e. The molecule has 0 rings (SSSR count). The standard InChI is InChI=1S/C12H27N5O3/c1-17(5-2-3-13)6-8-19-10-12-20-11-9-18-7-4-15-16-14/h2-13H2,1H3. The minimum absolute atomic E-state index is 0.358. The Morgan fingerprint density at radius 2 is 1.60 bits per heavy atom. The number of azide groups is 1. The van der Waals surface area contributed by atoms with Gasteiger partial charge in [-0.3, -0.25) is 0 Å². The van der Waals surface area contributed by atoms with Gasteiger partial charge in [-0.05, 0) is 32.1 Å². The highest BCUT2D eigenvalue weighted by atomic mass is 16.5. The van der Waals surface area contributed by atoms with Gasteiger partial charge < -0.3 is 24.8 Å². The van der Waals surface area contributed by atoms with E-state index in [0.717, 1.165) is 26.1 Å². The zero-order chi connectivity index (χ0) is 14.9. The van der Waals surface area contributed by atoms with Gasteiger partial charge in [-0.1, -0.05) is 5.11 Å². The SMILES string of the molecule is CN(CCCN)CCOCCOCCOCCN=[N+]=[N-]. The fourth-order valence-electron chi connectivity index (χ4n) is 1.39. The van der Waals surface area contributed by atoms with E-state index >= 15 is 0 Å². The molecule has 0 aromatic carbocycles. The highest BCUT2D eigenvalue weighted by molar-refractivity contribution is 4.51. The summed E-state index contributed by atoms with van der Waals surface area (Å²) >= 11 is 0. The number of likely N-dealkylation sites (N-methyl/N-ethyl adjacent to an activating group) is 1. The summed E-state index contributed by atoms with van der Waals surface area (Å²) < 4.78 is 16.0. The van der Waals surface area contributed by atoms with E-state index in [4.69, 9.17) is 25.5 Å². The van der Waals surface area contributed by atoms with Gasteiger partial charge >= 0.3 is 0 Å². The Kier molecular flexibility index (Phi) is 15.4. The lowest BCUT2D eigenvalue weighted by molar-refractivity contribution is 0.0129. The van der Waals surface area contributed by atoms with E-state index < -0.39 is 0 Å². The van der Waals surface area contributed by atoms with Crippen molar-refractivity contribution in [2.45, 2.75) is 6.42 Å². The van der Waals surface area contributed by atoms with Gasteiger partial charge in [-0.25, -0.2) is 0 Å². The Hall–Kier alpha value is -0.890. The lowest BCUT2D eigenvalue weighted by atomic mass is 10.4. The fourth-order valence-corrected chi connectivity index (χ4v) is 1.39. The van der Waals surface area contributed by atoms with Crippen LogP contribution < -0.4 is 5.73 Å². The third-order valence-corrected chi connectivity index (χ3v) is 2.50. The summed E-state index contributed by atoms with van der Waals surface area (Å²) in [5.74, 6) is 0. The minimum Gasteiger partial charge on any atom is -0.379 e. The lowest BCUT2D eigenvalue weighted by Crippen LogP contribution is -2.26. The quantitative estimate of drug-likeness (QED) is 0.206. The number of nitrogens with zero attached hydrogens (tertiary/aromatic N) is 4. The van der Waals surface area contributed by atoms with Crippen molar-refractivity contribution in [1.82, 2.24) is 4.90 Å². The maximum absolute atomic E-state index is 8.04. The van der Waals surface area contributed by atoms with E-state index in [-0.39, 0.29) is 0 Å². The first kappa shape index (κ1) is 19.1. The van der Waals surface area contributed by atoms with Gasteiger partial charge in [0.15, 0.2) is 0 Å². The second kappa shape index (κ2) is 16.2. The summed E-state index contributed by atoms with van der Waals surface area (Å²) in [6.45, 7) is 6.30. The number of hydrogen-bond acceptors (Lipinski definition) is 6. The van der Waals surface area contributed by atoms with Crippen LogP contribution in [0.5, 0.6) is 0 Å². The van der Waals surface area contributed by atoms with E-state index in [9.17, 15) is 0 Å². The summed E-state index contributed by atoms with van der Waals surface area (Å²) in [5, 5.41) is 3.36. The Labute approximate surface area is 120 Å². The molecule has 0 aromatic heterocycles. The monoisotopic (exact) mass is 289 g/mol. The summed E-state index contributed by atoms with van der Waals surface area (Å²) in [4.78, 5) is 4.83. The van der Waals surface area contributed by atoms with Crippen LogP contribution in [-0.2, 0) is 14.2 Å². The van der Waals surface area contributed by atoms with Crippen LogP contribution in [0.25, 0.3) is 10.4 Å². The zero-order valence-corrected chi connectivity index (χ0v) is 12.4. The molecule has 118 valence electrons. The van der Waals surface area contributed by atoms with E-state index in [1.54, 1.807) is 0 Å². The molecule has 0 aliphatic rings. The van der Waals surface area contributed by atoms with E-state index in [2.05, 4.69) is 22.0 Å². The molecule has 0 atom stereocenters. The molecule has 2 N–H and O–H groups in total. The van der Waals surface area contributed by atoms with Crippen LogP contribution in [0.4, 0.5) is 0 Å². The van der Waals surface area contributed by atoms with Crippen LogP contribution in [0, 0.1) is 0 Å². The molecule has 0 amide bonds.